The van der Waals surface area contributed by atoms with Crippen molar-refractivity contribution >= 4 is 22.2 Å². The van der Waals surface area contributed by atoms with Gasteiger partial charge in [0.2, 0.25) is 0 Å². The van der Waals surface area contributed by atoms with Crippen LogP contribution in [0.5, 0.6) is 0 Å². The number of nitrogens with zero attached hydrogens (tertiary/aromatic N) is 1. The van der Waals surface area contributed by atoms with Crippen LogP contribution in [-0.4, -0.2) is 11.3 Å². The molecule has 3 nitrogen and oxygen atoms in total. The largest absolute Gasteiger partial charge is 0.435 e. The molecule has 0 unspecified atom stereocenters. The maximum atomic E-state index is 10.4. The zero-order valence-corrected chi connectivity index (χ0v) is 7.88. The maximum Gasteiger partial charge on any atom is 0.264 e. The van der Waals surface area contributed by atoms with Crippen molar-refractivity contribution in [3.05, 3.63) is 16.3 Å². The standard InChI is InChI=1S/C7H8BrNO2/c1-4(2)6-5(3-10)9-7(8)11-6/h3-4H,1-2H3. The molecular formula is C7H8BrNO2. The van der Waals surface area contributed by atoms with Crippen LogP contribution in [0.3, 0.4) is 0 Å². The molecule has 0 radical (unpaired) electrons. The number of rotatable bonds is 2. The summed E-state index contributed by atoms with van der Waals surface area (Å²) in [6, 6.07) is 0. The van der Waals surface area contributed by atoms with Gasteiger partial charge in [-0.25, -0.2) is 4.98 Å². The van der Waals surface area contributed by atoms with Crippen molar-refractivity contribution in [2.75, 3.05) is 0 Å². The monoisotopic (exact) mass is 217 g/mol. The second-order valence-electron chi connectivity index (χ2n) is 2.49. The number of aromatic nitrogens is 1. The Morgan fingerprint density at radius 3 is 2.64 bits per heavy atom. The van der Waals surface area contributed by atoms with Crippen LogP contribution in [0.2, 0.25) is 0 Å². The summed E-state index contributed by atoms with van der Waals surface area (Å²) in [6.45, 7) is 3.89. The molecule has 1 heterocycles. The van der Waals surface area contributed by atoms with E-state index in [1.165, 1.54) is 0 Å². The minimum Gasteiger partial charge on any atom is -0.435 e. The zero-order valence-electron chi connectivity index (χ0n) is 6.30. The Labute approximate surface area is 72.9 Å². The normalized spacial score (nSPS) is 10.5. The highest BCUT2D eigenvalue weighted by atomic mass is 79.9. The van der Waals surface area contributed by atoms with Crippen LogP contribution in [0.4, 0.5) is 0 Å². The summed E-state index contributed by atoms with van der Waals surface area (Å²) in [7, 11) is 0. The van der Waals surface area contributed by atoms with Gasteiger partial charge in [0.15, 0.2) is 6.29 Å². The molecule has 0 fully saturated rings. The quantitative estimate of drug-likeness (QED) is 0.715. The first-order valence-electron chi connectivity index (χ1n) is 3.26. The predicted octanol–water partition coefficient (Wildman–Crippen LogP) is 2.37. The van der Waals surface area contributed by atoms with Crippen LogP contribution in [0.25, 0.3) is 0 Å². The molecule has 11 heavy (non-hydrogen) atoms. The SMILES string of the molecule is CC(C)c1oc(Br)nc1C=O. The topological polar surface area (TPSA) is 43.1 Å². The van der Waals surface area contributed by atoms with E-state index >= 15 is 0 Å². The number of halogens is 1. The van der Waals surface area contributed by atoms with Gasteiger partial charge in [0.1, 0.15) is 11.5 Å². The Morgan fingerprint density at radius 1 is 1.64 bits per heavy atom. The summed E-state index contributed by atoms with van der Waals surface area (Å²) in [5.74, 6) is 0.820. The molecule has 0 aliphatic carbocycles. The molecule has 0 saturated carbocycles. The minimum absolute atomic E-state index is 0.189. The van der Waals surface area contributed by atoms with Gasteiger partial charge in [-0.3, -0.25) is 4.79 Å². The summed E-state index contributed by atoms with van der Waals surface area (Å²) in [6.07, 6.45) is 0.698. The van der Waals surface area contributed by atoms with Crippen molar-refractivity contribution in [2.24, 2.45) is 0 Å². The molecule has 0 atom stereocenters. The highest BCUT2D eigenvalue weighted by Gasteiger charge is 2.13. The summed E-state index contributed by atoms with van der Waals surface area (Å²) in [4.78, 5) is 14.6. The molecule has 0 bridgehead atoms. The highest BCUT2D eigenvalue weighted by Crippen LogP contribution is 2.21. The molecule has 0 N–H and O–H groups in total. The molecular weight excluding hydrogens is 210 g/mol. The number of aldehydes is 1. The maximum absolute atomic E-state index is 10.4. The van der Waals surface area contributed by atoms with Gasteiger partial charge in [0, 0.05) is 21.8 Å². The van der Waals surface area contributed by atoms with E-state index in [2.05, 4.69) is 20.9 Å². The molecule has 0 aliphatic heterocycles. The first-order valence-corrected chi connectivity index (χ1v) is 4.06. The molecule has 0 amide bonds. The summed E-state index contributed by atoms with van der Waals surface area (Å²) < 4.78 is 5.14. The first-order chi connectivity index (χ1) is 5.15. The second-order valence-corrected chi connectivity index (χ2v) is 3.17. The van der Waals surface area contributed by atoms with E-state index in [4.69, 9.17) is 4.42 Å². The second kappa shape index (κ2) is 3.17. The van der Waals surface area contributed by atoms with Gasteiger partial charge in [-0.2, -0.15) is 0 Å². The molecule has 0 aromatic carbocycles. The first kappa shape index (κ1) is 8.46. The molecule has 1 rings (SSSR count). The van der Waals surface area contributed by atoms with E-state index in [0.717, 1.165) is 0 Å². The number of hydrogen-bond acceptors (Lipinski definition) is 3. The Morgan fingerprint density at radius 2 is 2.27 bits per heavy atom. The summed E-state index contributed by atoms with van der Waals surface area (Å²) in [5, 5.41) is 0. The van der Waals surface area contributed by atoms with Crippen LogP contribution in [0.1, 0.15) is 36.0 Å². The van der Waals surface area contributed by atoms with Crippen molar-refractivity contribution < 1.29 is 9.21 Å². The number of carbonyl (C=O) groups excluding carboxylic acids is 1. The van der Waals surface area contributed by atoms with Gasteiger partial charge in [-0.1, -0.05) is 13.8 Å². The average molecular weight is 218 g/mol. The molecule has 4 heteroatoms. The van der Waals surface area contributed by atoms with E-state index in [1.54, 1.807) is 0 Å². The van der Waals surface area contributed by atoms with Crippen molar-refractivity contribution in [3.8, 4) is 0 Å². The highest BCUT2D eigenvalue weighted by molar-refractivity contribution is 9.10. The average Bonchev–Trinajstić information content (AvgIpc) is 2.30. The van der Waals surface area contributed by atoms with Gasteiger partial charge in [-0.15, -0.1) is 0 Å². The minimum atomic E-state index is 0.189. The van der Waals surface area contributed by atoms with Crippen molar-refractivity contribution in [1.82, 2.24) is 4.98 Å². The fourth-order valence-electron chi connectivity index (χ4n) is 0.814. The third-order valence-electron chi connectivity index (χ3n) is 1.29. The smallest absolute Gasteiger partial charge is 0.264 e. The fraction of sp³-hybridized carbons (Fsp3) is 0.429. The lowest BCUT2D eigenvalue weighted by Gasteiger charge is -1.97. The third-order valence-corrected chi connectivity index (χ3v) is 1.63. The van der Waals surface area contributed by atoms with Crippen molar-refractivity contribution in [2.45, 2.75) is 19.8 Å². The van der Waals surface area contributed by atoms with Crippen LogP contribution < -0.4 is 0 Å². The summed E-state index contributed by atoms with van der Waals surface area (Å²) in [5.41, 5.74) is 0.381. The lowest BCUT2D eigenvalue weighted by atomic mass is 10.1. The van der Waals surface area contributed by atoms with E-state index in [1.807, 2.05) is 13.8 Å². The lowest BCUT2D eigenvalue weighted by molar-refractivity contribution is 0.111. The van der Waals surface area contributed by atoms with Crippen molar-refractivity contribution in [1.29, 1.82) is 0 Å². The summed E-state index contributed by atoms with van der Waals surface area (Å²) >= 11 is 3.06. The molecule has 0 spiro atoms. The van der Waals surface area contributed by atoms with Gasteiger partial charge in [-0.05, 0) is 0 Å². The Balaban J connectivity index is 3.11. The van der Waals surface area contributed by atoms with Crippen LogP contribution in [-0.2, 0) is 0 Å². The number of carbonyl (C=O) groups is 1. The van der Waals surface area contributed by atoms with Crippen molar-refractivity contribution in [3.63, 3.8) is 0 Å². The molecule has 1 aromatic heterocycles. The lowest BCUT2D eigenvalue weighted by Crippen LogP contribution is -1.90. The van der Waals surface area contributed by atoms with Gasteiger partial charge in [0.05, 0.1) is 0 Å². The molecule has 1 aromatic rings. The predicted molar refractivity (Wildman–Crippen MR) is 43.7 cm³/mol. The van der Waals surface area contributed by atoms with Crippen LogP contribution in [0.15, 0.2) is 9.22 Å². The van der Waals surface area contributed by atoms with E-state index < -0.39 is 0 Å². The van der Waals surface area contributed by atoms with Gasteiger partial charge in [0.25, 0.3) is 4.80 Å². The number of oxazole rings is 1. The Hall–Kier alpha value is -0.640. The molecule has 0 saturated heterocycles. The Bertz CT molecular complexity index is 267. The Kier molecular flexibility index (Phi) is 2.44. The van der Waals surface area contributed by atoms with E-state index in [0.29, 0.717) is 22.5 Å². The van der Waals surface area contributed by atoms with Gasteiger partial charge < -0.3 is 4.42 Å². The van der Waals surface area contributed by atoms with E-state index in [-0.39, 0.29) is 5.92 Å². The van der Waals surface area contributed by atoms with E-state index in [9.17, 15) is 4.79 Å². The molecule has 0 aliphatic rings. The van der Waals surface area contributed by atoms with Gasteiger partial charge >= 0.3 is 0 Å². The third kappa shape index (κ3) is 1.68. The molecule has 60 valence electrons. The van der Waals surface area contributed by atoms with Crippen LogP contribution >= 0.6 is 15.9 Å². The fourth-order valence-corrected chi connectivity index (χ4v) is 1.18. The number of hydrogen-bond donors (Lipinski definition) is 0. The van der Waals surface area contributed by atoms with Crippen LogP contribution in [0, 0.1) is 0 Å². The zero-order chi connectivity index (χ0) is 8.43.